The van der Waals surface area contributed by atoms with Crippen molar-refractivity contribution in [2.75, 3.05) is 36.2 Å². The Morgan fingerprint density at radius 3 is 2.74 bits per heavy atom. The minimum Gasteiger partial charge on any atom is -0.384 e. The molecule has 1 aliphatic heterocycles. The average Bonchev–Trinajstić information content (AvgIpc) is 3.53. The molecule has 4 N–H and O–H groups in total. The summed E-state index contributed by atoms with van der Waals surface area (Å²) in [6.45, 7) is 3.43. The second-order valence-electron chi connectivity index (χ2n) is 8.49. The number of halogens is 2. The lowest BCUT2D eigenvalue weighted by molar-refractivity contribution is 0.523. The lowest BCUT2D eigenvalue weighted by Gasteiger charge is -2.13. The minimum absolute atomic E-state index is 0.143. The van der Waals surface area contributed by atoms with Gasteiger partial charge in [-0.3, -0.25) is 4.72 Å². The van der Waals surface area contributed by atoms with E-state index in [-0.39, 0.29) is 10.2 Å². The molecule has 0 unspecified atom stereocenters. The Hall–Kier alpha value is -2.24. The molecule has 7 nitrogen and oxygen atoms in total. The van der Waals surface area contributed by atoms with Gasteiger partial charge < -0.3 is 16.0 Å². The Balaban J connectivity index is 1.16. The third kappa shape index (κ3) is 7.14. The Kier molecular flexibility index (Phi) is 8.96. The molecule has 1 aliphatic rings. The largest absolute Gasteiger partial charge is 0.384 e. The van der Waals surface area contributed by atoms with Gasteiger partial charge in [0, 0.05) is 37.3 Å². The Morgan fingerprint density at radius 1 is 1.17 bits per heavy atom. The minimum atomic E-state index is -4.12. The molecule has 4 rings (SSSR count). The number of aromatic nitrogens is 1. The predicted molar refractivity (Wildman–Crippen MR) is 141 cm³/mol. The van der Waals surface area contributed by atoms with Crippen LogP contribution in [0.25, 0.3) is 0 Å². The predicted octanol–water partition coefficient (Wildman–Crippen LogP) is 4.66. The molecule has 1 aromatic heterocycles. The zero-order valence-corrected chi connectivity index (χ0v) is 21.5. The van der Waals surface area contributed by atoms with Crippen molar-refractivity contribution in [2.45, 2.75) is 36.1 Å². The van der Waals surface area contributed by atoms with E-state index in [0.717, 1.165) is 62.4 Å². The van der Waals surface area contributed by atoms with E-state index < -0.39 is 20.7 Å². The molecule has 0 radical (unpaired) electrons. The van der Waals surface area contributed by atoms with Crippen LogP contribution in [0.3, 0.4) is 0 Å². The highest BCUT2D eigenvalue weighted by atomic mass is 35.5. The molecule has 2 atom stereocenters. The quantitative estimate of drug-likeness (QED) is 0.251. The van der Waals surface area contributed by atoms with Gasteiger partial charge in [0.05, 0.1) is 10.7 Å². The fraction of sp³-hybridized carbons (Fsp3) is 0.375. The summed E-state index contributed by atoms with van der Waals surface area (Å²) < 4.78 is 41.7. The molecular weight excluding hydrogens is 509 g/mol. The third-order valence-electron chi connectivity index (χ3n) is 5.94. The highest BCUT2D eigenvalue weighted by molar-refractivity contribution is 7.93. The maximum absolute atomic E-state index is 14.6. The summed E-state index contributed by atoms with van der Waals surface area (Å²) in [6, 6.07) is 13.3. The zero-order chi connectivity index (χ0) is 24.7. The first-order valence-electron chi connectivity index (χ1n) is 11.6. The van der Waals surface area contributed by atoms with E-state index in [1.54, 1.807) is 5.38 Å². The van der Waals surface area contributed by atoms with Crippen LogP contribution in [0.4, 0.5) is 15.2 Å². The van der Waals surface area contributed by atoms with Gasteiger partial charge in [-0.05, 0) is 49.4 Å². The first-order valence-corrected chi connectivity index (χ1v) is 14.3. The maximum atomic E-state index is 14.6. The summed E-state index contributed by atoms with van der Waals surface area (Å²) in [4.78, 5) is 3.35. The third-order valence-corrected chi connectivity index (χ3v) is 8.43. The summed E-state index contributed by atoms with van der Waals surface area (Å²) in [5, 5.41) is 12.1. The molecule has 0 aliphatic carbocycles. The van der Waals surface area contributed by atoms with Gasteiger partial charge in [0.25, 0.3) is 10.0 Å². The van der Waals surface area contributed by atoms with Crippen LogP contribution in [0.15, 0.2) is 58.9 Å². The number of rotatable bonds is 12. The van der Waals surface area contributed by atoms with Crippen LogP contribution in [0.5, 0.6) is 0 Å². The number of sulfonamides is 1. The zero-order valence-electron chi connectivity index (χ0n) is 19.1. The van der Waals surface area contributed by atoms with Crippen LogP contribution in [0, 0.1) is 5.82 Å². The normalized spacial score (nSPS) is 18.0. The summed E-state index contributed by atoms with van der Waals surface area (Å²) in [6.07, 6.45) is 4.41. The maximum Gasteiger partial charge on any atom is 0.266 e. The van der Waals surface area contributed by atoms with Crippen molar-refractivity contribution < 1.29 is 12.8 Å². The molecule has 0 saturated carbocycles. The smallest absolute Gasteiger partial charge is 0.266 e. The van der Waals surface area contributed by atoms with Gasteiger partial charge in [0.1, 0.15) is 10.7 Å². The number of unbranched alkanes of at least 4 members (excludes halogenated alkanes) is 1. The van der Waals surface area contributed by atoms with Crippen molar-refractivity contribution in [3.8, 4) is 0 Å². The topological polar surface area (TPSA) is 95.2 Å². The number of anilines is 2. The molecule has 35 heavy (non-hydrogen) atoms. The summed E-state index contributed by atoms with van der Waals surface area (Å²) in [5.74, 6) is -0.303. The summed E-state index contributed by atoms with van der Waals surface area (Å²) in [7, 11) is -4.12. The Morgan fingerprint density at radius 2 is 1.97 bits per heavy atom. The molecule has 1 fully saturated rings. The average molecular weight is 538 g/mol. The van der Waals surface area contributed by atoms with Gasteiger partial charge in [-0.25, -0.2) is 17.8 Å². The van der Waals surface area contributed by atoms with E-state index in [0.29, 0.717) is 24.2 Å². The molecule has 0 amide bonds. The second-order valence-corrected chi connectivity index (χ2v) is 11.4. The number of hydrogen-bond donors (Lipinski definition) is 4. The van der Waals surface area contributed by atoms with Gasteiger partial charge in [-0.1, -0.05) is 41.9 Å². The standard InChI is InChI=1S/C24H29ClFN5O2S2/c25-20-13-23(35(32,33)31-24-29-10-11-34-24)21(26)14-22(20)28-9-5-4-8-27-16-19-12-18(15-30-19)17-6-2-1-3-7-17/h1-3,6-7,10-11,13-14,18-19,27-28,30H,4-5,8-9,12,15-16H2,(H,29,31)/t18-,19-/m0/s1. The Labute approximate surface area is 214 Å². The van der Waals surface area contributed by atoms with Gasteiger partial charge >= 0.3 is 0 Å². The van der Waals surface area contributed by atoms with Gasteiger partial charge in [0.15, 0.2) is 5.13 Å². The SMILES string of the molecule is O=S(=O)(Nc1nccs1)c1cc(Cl)c(NCCCCNC[C@@H]2C[C@H](c3ccccc3)CN2)cc1F. The van der Waals surface area contributed by atoms with E-state index >= 15 is 0 Å². The number of thiazole rings is 1. The van der Waals surface area contributed by atoms with Crippen LogP contribution in [-0.4, -0.2) is 45.6 Å². The number of hydrogen-bond acceptors (Lipinski definition) is 7. The molecule has 1 saturated heterocycles. The van der Waals surface area contributed by atoms with E-state index in [1.807, 2.05) is 6.07 Å². The first-order chi connectivity index (χ1) is 16.9. The molecule has 3 aromatic rings. The molecule has 2 aromatic carbocycles. The van der Waals surface area contributed by atoms with Crippen LogP contribution in [0.2, 0.25) is 5.02 Å². The van der Waals surface area contributed by atoms with E-state index in [4.69, 9.17) is 11.6 Å². The second kappa shape index (κ2) is 12.1. The van der Waals surface area contributed by atoms with Crippen LogP contribution in [0.1, 0.15) is 30.7 Å². The summed E-state index contributed by atoms with van der Waals surface area (Å²) >= 11 is 7.33. The molecule has 11 heteroatoms. The number of nitrogens with zero attached hydrogens (tertiary/aromatic N) is 1. The molecule has 0 bridgehead atoms. The number of nitrogens with one attached hydrogen (secondary N) is 4. The number of benzene rings is 2. The van der Waals surface area contributed by atoms with Crippen molar-refractivity contribution >= 4 is 43.8 Å². The lowest BCUT2D eigenvalue weighted by Crippen LogP contribution is -2.34. The molecule has 188 valence electrons. The fourth-order valence-electron chi connectivity index (χ4n) is 4.14. The van der Waals surface area contributed by atoms with Gasteiger partial charge in [-0.2, -0.15) is 0 Å². The van der Waals surface area contributed by atoms with Crippen molar-refractivity contribution in [3.63, 3.8) is 0 Å². The first kappa shape index (κ1) is 25.8. The monoisotopic (exact) mass is 537 g/mol. The fourth-order valence-corrected chi connectivity index (χ4v) is 6.31. The van der Waals surface area contributed by atoms with Crippen molar-refractivity contribution in [1.29, 1.82) is 0 Å². The lowest BCUT2D eigenvalue weighted by atomic mass is 9.96. The van der Waals surface area contributed by atoms with Crippen LogP contribution < -0.4 is 20.7 Å². The van der Waals surface area contributed by atoms with Crippen molar-refractivity contribution in [1.82, 2.24) is 15.6 Å². The van der Waals surface area contributed by atoms with Gasteiger partial charge in [-0.15, -0.1) is 11.3 Å². The van der Waals surface area contributed by atoms with Crippen molar-refractivity contribution in [3.05, 3.63) is 70.4 Å². The van der Waals surface area contributed by atoms with Crippen LogP contribution in [-0.2, 0) is 10.0 Å². The van der Waals surface area contributed by atoms with Gasteiger partial charge in [0.2, 0.25) is 0 Å². The van der Waals surface area contributed by atoms with Crippen molar-refractivity contribution in [2.24, 2.45) is 0 Å². The molecular formula is C24H29ClFN5O2S2. The molecule has 0 spiro atoms. The van der Waals surface area contributed by atoms with E-state index in [2.05, 4.69) is 49.9 Å². The van der Waals surface area contributed by atoms with E-state index in [9.17, 15) is 12.8 Å². The summed E-state index contributed by atoms with van der Waals surface area (Å²) in [5.41, 5.74) is 1.76. The highest BCUT2D eigenvalue weighted by Crippen LogP contribution is 2.29. The Bertz CT molecular complexity index is 1200. The molecule has 2 heterocycles. The van der Waals surface area contributed by atoms with Crippen LogP contribution >= 0.6 is 22.9 Å². The van der Waals surface area contributed by atoms with E-state index in [1.165, 1.54) is 11.8 Å². The highest BCUT2D eigenvalue weighted by Gasteiger charge is 2.25.